The van der Waals surface area contributed by atoms with Gasteiger partial charge in [-0.25, -0.2) is 14.5 Å². The number of primary amides is 1. The molecular weight excluding hydrogens is 293 g/mol. The molecule has 1 aromatic rings. The Hall–Kier alpha value is -1.50. The summed E-state index contributed by atoms with van der Waals surface area (Å²) >= 11 is 11.7. The third kappa shape index (κ3) is 4.59. The largest absolute Gasteiger partial charge is 0.465 e. The molecule has 1 atom stereocenters. The van der Waals surface area contributed by atoms with E-state index in [9.17, 15) is 9.59 Å². The van der Waals surface area contributed by atoms with E-state index >= 15 is 0 Å². The molecular formula is C11H13Cl2N3O3. The van der Waals surface area contributed by atoms with Crippen molar-refractivity contribution in [1.82, 2.24) is 4.90 Å². The average molecular weight is 306 g/mol. The van der Waals surface area contributed by atoms with Crippen LogP contribution in [0.5, 0.6) is 0 Å². The van der Waals surface area contributed by atoms with Gasteiger partial charge in [0.25, 0.3) is 0 Å². The van der Waals surface area contributed by atoms with Gasteiger partial charge in [-0.3, -0.25) is 0 Å². The lowest BCUT2D eigenvalue weighted by Gasteiger charge is -2.19. The molecule has 0 aromatic heterocycles. The summed E-state index contributed by atoms with van der Waals surface area (Å²) in [6.07, 6.45) is -1.14. The molecule has 8 heteroatoms. The number of nitrogens with zero attached hydrogens (tertiary/aromatic N) is 1. The lowest BCUT2D eigenvalue weighted by atomic mass is 10.1. The van der Waals surface area contributed by atoms with Crippen molar-refractivity contribution in [2.75, 3.05) is 6.54 Å². The fourth-order valence-electron chi connectivity index (χ4n) is 1.53. The predicted molar refractivity (Wildman–Crippen MR) is 72.5 cm³/mol. The number of amides is 3. The molecule has 0 bridgehead atoms. The van der Waals surface area contributed by atoms with E-state index in [1.807, 2.05) is 0 Å². The third-order valence-electron chi connectivity index (χ3n) is 2.41. The number of imide groups is 1. The maximum atomic E-state index is 10.9. The fraction of sp³-hybridized carbons (Fsp3) is 0.273. The molecule has 3 amide bonds. The van der Waals surface area contributed by atoms with E-state index in [-0.39, 0.29) is 6.54 Å². The minimum atomic E-state index is -1.44. The molecule has 0 aliphatic rings. The average Bonchev–Trinajstić information content (AvgIpc) is 2.29. The zero-order valence-corrected chi connectivity index (χ0v) is 11.4. The van der Waals surface area contributed by atoms with E-state index in [2.05, 4.69) is 0 Å². The molecule has 0 saturated heterocycles. The Morgan fingerprint density at radius 2 is 2.00 bits per heavy atom. The molecule has 0 aliphatic carbocycles. The Bertz CT molecular complexity index is 482. The van der Waals surface area contributed by atoms with E-state index in [0.29, 0.717) is 26.9 Å². The summed E-state index contributed by atoms with van der Waals surface area (Å²) in [7, 11) is 0. The van der Waals surface area contributed by atoms with Crippen molar-refractivity contribution < 1.29 is 14.7 Å². The molecule has 1 rings (SSSR count). The number of hydrogen-bond acceptors (Lipinski definition) is 3. The maximum Gasteiger partial charge on any atom is 0.415 e. The van der Waals surface area contributed by atoms with Crippen molar-refractivity contribution in [1.29, 1.82) is 0 Å². The monoisotopic (exact) mass is 305 g/mol. The van der Waals surface area contributed by atoms with Crippen molar-refractivity contribution in [3.05, 3.63) is 33.8 Å². The minimum absolute atomic E-state index is 0.205. The van der Waals surface area contributed by atoms with E-state index in [4.69, 9.17) is 39.8 Å². The second-order valence-corrected chi connectivity index (χ2v) is 4.77. The predicted octanol–water partition coefficient (Wildman–Crippen LogP) is 1.92. The second kappa shape index (κ2) is 6.60. The van der Waals surface area contributed by atoms with Gasteiger partial charge in [-0.15, -0.1) is 0 Å². The van der Waals surface area contributed by atoms with Gasteiger partial charge in [0, 0.05) is 22.6 Å². The number of hydrogen-bond donors (Lipinski definition) is 3. The molecule has 0 fully saturated rings. The van der Waals surface area contributed by atoms with Crippen LogP contribution in [0.1, 0.15) is 5.56 Å². The van der Waals surface area contributed by atoms with Crippen LogP contribution in [0, 0.1) is 0 Å². The van der Waals surface area contributed by atoms with Gasteiger partial charge < -0.3 is 16.6 Å². The summed E-state index contributed by atoms with van der Waals surface area (Å²) in [5.41, 5.74) is 11.4. The van der Waals surface area contributed by atoms with Crippen LogP contribution < -0.4 is 11.5 Å². The summed E-state index contributed by atoms with van der Waals surface area (Å²) in [5.74, 6) is 0. The van der Waals surface area contributed by atoms with Crippen LogP contribution in [0.25, 0.3) is 0 Å². The quantitative estimate of drug-likeness (QED) is 0.789. The summed E-state index contributed by atoms with van der Waals surface area (Å²) in [5, 5.41) is 9.70. The van der Waals surface area contributed by atoms with E-state index in [1.165, 1.54) is 0 Å². The third-order valence-corrected chi connectivity index (χ3v) is 3.00. The summed E-state index contributed by atoms with van der Waals surface area (Å²) in [6.45, 7) is -0.205. The first kappa shape index (κ1) is 15.6. The first-order valence-electron chi connectivity index (χ1n) is 5.30. The summed E-state index contributed by atoms with van der Waals surface area (Å²) in [6, 6.07) is 3.24. The Balaban J connectivity index is 2.71. The number of benzene rings is 1. The number of urea groups is 1. The SMILES string of the molecule is NC(=O)N(CC(N)Cc1ccc(Cl)cc1Cl)C(=O)O. The van der Waals surface area contributed by atoms with Crippen LogP contribution in [-0.2, 0) is 6.42 Å². The Kier molecular flexibility index (Phi) is 5.41. The highest BCUT2D eigenvalue weighted by Gasteiger charge is 2.21. The molecule has 0 saturated carbocycles. The Labute approximate surface area is 119 Å². The van der Waals surface area contributed by atoms with Gasteiger partial charge >= 0.3 is 12.1 Å². The number of carbonyl (C=O) groups is 2. The van der Waals surface area contributed by atoms with Crippen LogP contribution in [0.15, 0.2) is 18.2 Å². The highest BCUT2D eigenvalue weighted by Crippen LogP contribution is 2.22. The molecule has 0 spiro atoms. The first-order valence-corrected chi connectivity index (χ1v) is 6.06. The van der Waals surface area contributed by atoms with Gasteiger partial charge in [-0.2, -0.15) is 0 Å². The Morgan fingerprint density at radius 3 is 2.47 bits per heavy atom. The van der Waals surface area contributed by atoms with Crippen LogP contribution in [0.4, 0.5) is 9.59 Å². The first-order chi connectivity index (χ1) is 8.81. The number of carbonyl (C=O) groups excluding carboxylic acids is 1. The smallest absolute Gasteiger partial charge is 0.415 e. The van der Waals surface area contributed by atoms with E-state index in [1.54, 1.807) is 18.2 Å². The van der Waals surface area contributed by atoms with Crippen LogP contribution >= 0.6 is 23.2 Å². The zero-order chi connectivity index (χ0) is 14.6. The van der Waals surface area contributed by atoms with Gasteiger partial charge in [-0.1, -0.05) is 29.3 Å². The minimum Gasteiger partial charge on any atom is -0.465 e. The maximum absolute atomic E-state index is 10.9. The van der Waals surface area contributed by atoms with Gasteiger partial charge in [0.15, 0.2) is 0 Å². The van der Waals surface area contributed by atoms with E-state index < -0.39 is 18.2 Å². The molecule has 104 valence electrons. The topological polar surface area (TPSA) is 110 Å². The van der Waals surface area contributed by atoms with E-state index in [0.717, 1.165) is 0 Å². The summed E-state index contributed by atoms with van der Waals surface area (Å²) in [4.78, 5) is 22.1. The molecule has 6 nitrogen and oxygen atoms in total. The number of carboxylic acid groups (broad SMARTS) is 1. The van der Waals surface area contributed by atoms with Gasteiger partial charge in [0.1, 0.15) is 0 Å². The van der Waals surface area contributed by atoms with Crippen LogP contribution in [-0.4, -0.2) is 34.7 Å². The molecule has 1 aromatic carbocycles. The molecule has 5 N–H and O–H groups in total. The van der Waals surface area contributed by atoms with Crippen LogP contribution in [0.2, 0.25) is 10.0 Å². The van der Waals surface area contributed by atoms with Crippen molar-refractivity contribution in [3.8, 4) is 0 Å². The van der Waals surface area contributed by atoms with Crippen molar-refractivity contribution in [3.63, 3.8) is 0 Å². The van der Waals surface area contributed by atoms with Crippen molar-refractivity contribution in [2.45, 2.75) is 12.5 Å². The van der Waals surface area contributed by atoms with Crippen molar-refractivity contribution in [2.24, 2.45) is 11.5 Å². The van der Waals surface area contributed by atoms with Gasteiger partial charge in [0.05, 0.1) is 0 Å². The number of halogens is 2. The zero-order valence-electron chi connectivity index (χ0n) is 9.85. The normalized spacial score (nSPS) is 11.9. The van der Waals surface area contributed by atoms with Crippen LogP contribution in [0.3, 0.4) is 0 Å². The fourth-order valence-corrected chi connectivity index (χ4v) is 2.02. The number of rotatable bonds is 4. The lowest BCUT2D eigenvalue weighted by molar-refractivity contribution is 0.149. The standard InChI is InChI=1S/C11H13Cl2N3O3/c12-7-2-1-6(9(13)4-7)3-8(14)5-16(10(15)17)11(18)19/h1-2,4,8H,3,5,14H2,(H2,15,17)(H,18,19). The van der Waals surface area contributed by atoms with Gasteiger partial charge in [-0.05, 0) is 24.1 Å². The molecule has 1 unspecified atom stereocenters. The molecule has 0 radical (unpaired) electrons. The molecule has 0 heterocycles. The number of nitrogens with two attached hydrogens (primary N) is 2. The highest BCUT2D eigenvalue weighted by atomic mass is 35.5. The molecule has 0 aliphatic heterocycles. The van der Waals surface area contributed by atoms with Gasteiger partial charge in [0.2, 0.25) is 0 Å². The summed E-state index contributed by atoms with van der Waals surface area (Å²) < 4.78 is 0. The molecule has 19 heavy (non-hydrogen) atoms. The highest BCUT2D eigenvalue weighted by molar-refractivity contribution is 6.35. The Morgan fingerprint density at radius 1 is 1.37 bits per heavy atom. The second-order valence-electron chi connectivity index (χ2n) is 3.93. The lowest BCUT2D eigenvalue weighted by Crippen LogP contribution is -2.47. The van der Waals surface area contributed by atoms with Crippen molar-refractivity contribution >= 4 is 35.3 Å².